The summed E-state index contributed by atoms with van der Waals surface area (Å²) in [5.41, 5.74) is 0.506. The average Bonchev–Trinajstić information content (AvgIpc) is 2.33. The number of hydrogen-bond acceptors (Lipinski definition) is 6. The van der Waals surface area contributed by atoms with E-state index < -0.39 is 19.7 Å². The van der Waals surface area contributed by atoms with Gasteiger partial charge in [-0.3, -0.25) is 0 Å². The van der Waals surface area contributed by atoms with Crippen molar-refractivity contribution in [3.63, 3.8) is 0 Å². The van der Waals surface area contributed by atoms with E-state index in [1.807, 2.05) is 23.9 Å². The Kier molecular flexibility index (Phi) is 5.40. The Morgan fingerprint density at radius 1 is 0.905 bits per heavy atom. The van der Waals surface area contributed by atoms with E-state index in [0.29, 0.717) is 12.2 Å². The van der Waals surface area contributed by atoms with Crippen LogP contribution in [0.15, 0.2) is 28.0 Å². The predicted molar refractivity (Wildman–Crippen MR) is 84.5 cm³/mol. The van der Waals surface area contributed by atoms with Crippen LogP contribution in [0.25, 0.3) is 0 Å². The van der Waals surface area contributed by atoms with E-state index >= 15 is 0 Å². The quantitative estimate of drug-likeness (QED) is 0.754. The molecule has 0 aliphatic heterocycles. The van der Waals surface area contributed by atoms with Gasteiger partial charge in [-0.15, -0.1) is 0 Å². The first-order chi connectivity index (χ1) is 9.43. The lowest BCUT2D eigenvalue weighted by molar-refractivity contribution is 0.416. The zero-order valence-electron chi connectivity index (χ0n) is 13.0. The molecule has 0 radical (unpaired) electrons. The molecule has 120 valence electrons. The summed E-state index contributed by atoms with van der Waals surface area (Å²) < 4.78 is 47.1. The summed E-state index contributed by atoms with van der Waals surface area (Å²) in [6.45, 7) is 1.39. The van der Waals surface area contributed by atoms with Crippen LogP contribution in [0.2, 0.25) is 0 Å². The highest BCUT2D eigenvalue weighted by Gasteiger charge is 2.19. The summed E-state index contributed by atoms with van der Waals surface area (Å²) >= 11 is 0. The number of benzene rings is 1. The summed E-state index contributed by atoms with van der Waals surface area (Å²) in [7, 11) is -1.32. The summed E-state index contributed by atoms with van der Waals surface area (Å²) in [5.74, 6) is 0. The molecule has 21 heavy (non-hydrogen) atoms. The fourth-order valence-corrected chi connectivity index (χ4v) is 3.47. The van der Waals surface area contributed by atoms with Gasteiger partial charge >= 0.3 is 0 Å². The summed E-state index contributed by atoms with van der Waals surface area (Å²) in [6, 6.07) is 4.21. The molecule has 0 heterocycles. The van der Waals surface area contributed by atoms with Crippen molar-refractivity contribution in [1.82, 2.24) is 4.90 Å². The minimum Gasteiger partial charge on any atom is -0.372 e. The maximum absolute atomic E-state index is 11.9. The Hall–Kier alpha value is -1.12. The first-order valence-electron chi connectivity index (χ1n) is 6.33. The number of anilines is 1. The van der Waals surface area contributed by atoms with Crippen molar-refractivity contribution in [1.29, 1.82) is 0 Å². The van der Waals surface area contributed by atoms with Crippen molar-refractivity contribution in [2.24, 2.45) is 0 Å². The SMILES string of the molecule is CN(C)CCN(C)c1ccc(S(C)(=O)=O)cc1S(C)(=O)=O. The van der Waals surface area contributed by atoms with Crippen LogP contribution in [0.1, 0.15) is 0 Å². The Bertz CT molecular complexity index is 710. The van der Waals surface area contributed by atoms with Gasteiger partial charge in [0.2, 0.25) is 0 Å². The van der Waals surface area contributed by atoms with Crippen molar-refractivity contribution in [3.8, 4) is 0 Å². The van der Waals surface area contributed by atoms with Gasteiger partial charge in [0.05, 0.1) is 15.5 Å². The van der Waals surface area contributed by atoms with E-state index in [2.05, 4.69) is 0 Å². The van der Waals surface area contributed by atoms with Crippen molar-refractivity contribution in [3.05, 3.63) is 18.2 Å². The molecule has 0 bridgehead atoms. The second-order valence-electron chi connectivity index (χ2n) is 5.40. The zero-order chi connectivity index (χ0) is 16.4. The number of sulfone groups is 2. The van der Waals surface area contributed by atoms with Crippen molar-refractivity contribution < 1.29 is 16.8 Å². The normalized spacial score (nSPS) is 12.7. The van der Waals surface area contributed by atoms with Crippen LogP contribution in [0, 0.1) is 0 Å². The maximum Gasteiger partial charge on any atom is 0.177 e. The molecule has 0 saturated heterocycles. The Morgan fingerprint density at radius 2 is 1.48 bits per heavy atom. The molecular formula is C13H22N2O4S2. The van der Waals surface area contributed by atoms with Gasteiger partial charge in [-0.2, -0.15) is 0 Å². The highest BCUT2D eigenvalue weighted by Crippen LogP contribution is 2.27. The van der Waals surface area contributed by atoms with Crippen LogP contribution in [-0.4, -0.2) is 68.5 Å². The first kappa shape index (κ1) is 17.9. The van der Waals surface area contributed by atoms with Gasteiger partial charge in [-0.1, -0.05) is 0 Å². The van der Waals surface area contributed by atoms with Gasteiger partial charge in [0.25, 0.3) is 0 Å². The topological polar surface area (TPSA) is 74.8 Å². The smallest absolute Gasteiger partial charge is 0.177 e. The molecule has 0 unspecified atom stereocenters. The van der Waals surface area contributed by atoms with Crippen LogP contribution in [0.4, 0.5) is 5.69 Å². The standard InChI is InChI=1S/C13H22N2O4S2/c1-14(2)8-9-15(3)12-7-6-11(20(4,16)17)10-13(12)21(5,18)19/h6-7,10H,8-9H2,1-5H3. The number of likely N-dealkylation sites (N-methyl/N-ethyl adjacent to an activating group) is 2. The molecule has 0 atom stereocenters. The predicted octanol–water partition coefficient (Wildman–Crippen LogP) is 0.491. The molecule has 0 saturated carbocycles. The molecule has 0 aromatic heterocycles. The summed E-state index contributed by atoms with van der Waals surface area (Å²) in [4.78, 5) is 3.84. The van der Waals surface area contributed by atoms with Gasteiger partial charge in [-0.25, -0.2) is 16.8 Å². The number of hydrogen-bond donors (Lipinski definition) is 0. The van der Waals surface area contributed by atoms with Gasteiger partial charge < -0.3 is 9.80 Å². The average molecular weight is 334 g/mol. The number of nitrogens with zero attached hydrogens (tertiary/aromatic N) is 2. The third kappa shape index (κ3) is 4.98. The van der Waals surface area contributed by atoms with E-state index in [0.717, 1.165) is 19.1 Å². The fraction of sp³-hybridized carbons (Fsp3) is 0.538. The van der Waals surface area contributed by atoms with Crippen molar-refractivity contribution >= 4 is 25.4 Å². The van der Waals surface area contributed by atoms with E-state index in [1.165, 1.54) is 12.1 Å². The van der Waals surface area contributed by atoms with E-state index in [-0.39, 0.29) is 9.79 Å². The van der Waals surface area contributed by atoms with Crippen molar-refractivity contribution in [2.75, 3.05) is 51.6 Å². The highest BCUT2D eigenvalue weighted by molar-refractivity contribution is 7.91. The molecule has 1 aromatic rings. The lowest BCUT2D eigenvalue weighted by Gasteiger charge is -2.24. The van der Waals surface area contributed by atoms with Crippen LogP contribution in [-0.2, 0) is 19.7 Å². The summed E-state index contributed by atoms with van der Waals surface area (Å²) in [5, 5.41) is 0. The van der Waals surface area contributed by atoms with Gasteiger partial charge in [0.1, 0.15) is 0 Å². The first-order valence-corrected chi connectivity index (χ1v) is 10.1. The van der Waals surface area contributed by atoms with Gasteiger partial charge in [0, 0.05) is 32.6 Å². The lowest BCUT2D eigenvalue weighted by atomic mass is 10.3. The molecule has 0 spiro atoms. The van der Waals surface area contributed by atoms with Gasteiger partial charge in [0.15, 0.2) is 19.7 Å². The monoisotopic (exact) mass is 334 g/mol. The van der Waals surface area contributed by atoms with Crippen LogP contribution >= 0.6 is 0 Å². The molecule has 0 fully saturated rings. The molecule has 1 rings (SSSR count). The van der Waals surface area contributed by atoms with Gasteiger partial charge in [-0.05, 0) is 32.3 Å². The highest BCUT2D eigenvalue weighted by atomic mass is 32.2. The molecule has 0 amide bonds. The zero-order valence-corrected chi connectivity index (χ0v) is 14.6. The van der Waals surface area contributed by atoms with E-state index in [9.17, 15) is 16.8 Å². The van der Waals surface area contributed by atoms with E-state index in [1.54, 1.807) is 13.1 Å². The van der Waals surface area contributed by atoms with Crippen molar-refractivity contribution in [2.45, 2.75) is 9.79 Å². The number of rotatable bonds is 6. The third-order valence-corrected chi connectivity index (χ3v) is 5.29. The van der Waals surface area contributed by atoms with Crippen LogP contribution in [0.3, 0.4) is 0 Å². The second kappa shape index (κ2) is 6.33. The largest absolute Gasteiger partial charge is 0.372 e. The molecule has 0 N–H and O–H groups in total. The minimum absolute atomic E-state index is 0.00712. The molecule has 0 aliphatic rings. The second-order valence-corrected chi connectivity index (χ2v) is 9.40. The maximum atomic E-state index is 11.9. The Labute approximate surface area is 127 Å². The molecular weight excluding hydrogens is 312 g/mol. The van der Waals surface area contributed by atoms with Crippen LogP contribution < -0.4 is 4.90 Å². The molecule has 0 aliphatic carbocycles. The fourth-order valence-electron chi connectivity index (χ4n) is 1.81. The lowest BCUT2D eigenvalue weighted by Crippen LogP contribution is -2.29. The Balaban J connectivity index is 3.33. The molecule has 1 aromatic carbocycles. The molecule has 8 heteroatoms. The summed E-state index contributed by atoms with van der Waals surface area (Å²) in [6.07, 6.45) is 2.14. The Morgan fingerprint density at radius 3 is 1.90 bits per heavy atom. The van der Waals surface area contributed by atoms with E-state index in [4.69, 9.17) is 0 Å². The third-order valence-electron chi connectivity index (χ3n) is 3.05. The minimum atomic E-state index is -3.52. The molecule has 6 nitrogen and oxygen atoms in total. The van der Waals surface area contributed by atoms with Crippen LogP contribution in [0.5, 0.6) is 0 Å².